The van der Waals surface area contributed by atoms with Crippen LogP contribution >= 0.6 is 0 Å². The lowest BCUT2D eigenvalue weighted by molar-refractivity contribution is 0.474. The van der Waals surface area contributed by atoms with Crippen LogP contribution in [-0.4, -0.2) is 9.55 Å². The Balaban J connectivity index is 1.26. The number of rotatable bonds is 3. The molecular formula is C39H25N3O. The van der Waals surface area contributed by atoms with Crippen LogP contribution in [0.3, 0.4) is 0 Å². The highest BCUT2D eigenvalue weighted by atomic mass is 16.5. The Bertz CT molecular complexity index is 2290. The molecule has 0 bridgehead atoms. The molecule has 0 unspecified atom stereocenters. The number of nitrogens with zero attached hydrogens (tertiary/aromatic N) is 3. The number of fused-ring (bicyclic) bond motifs is 6. The maximum Gasteiger partial charge on any atom is 0.183 e. The Kier molecular flexibility index (Phi) is 5.16. The van der Waals surface area contributed by atoms with E-state index in [9.17, 15) is 0 Å². The highest BCUT2D eigenvalue weighted by molar-refractivity contribution is 6.09. The maximum absolute atomic E-state index is 6.44. The standard InChI is InChI=1S/C39H25N3O/c1-2-15-29-26(11-1)12-10-18-30(29)27-13-9-14-28(25-27)41-35-21-7-8-22-36(35)43-37-23-24-38(40-39(37)41)42-33-19-5-3-16-31(33)32-17-4-6-20-34(32)42/h1-25H. The minimum Gasteiger partial charge on any atom is -0.451 e. The lowest BCUT2D eigenvalue weighted by atomic mass is 9.97. The minimum atomic E-state index is 0.721. The van der Waals surface area contributed by atoms with Crippen molar-refractivity contribution in [2.75, 3.05) is 4.90 Å². The summed E-state index contributed by atoms with van der Waals surface area (Å²) in [6.45, 7) is 0. The third-order valence-corrected chi connectivity index (χ3v) is 8.38. The van der Waals surface area contributed by atoms with Crippen LogP contribution < -0.4 is 9.64 Å². The normalized spacial score (nSPS) is 12.3. The summed E-state index contributed by atoms with van der Waals surface area (Å²) in [6.07, 6.45) is 0. The first kappa shape index (κ1) is 23.8. The molecule has 9 rings (SSSR count). The summed E-state index contributed by atoms with van der Waals surface area (Å²) in [5.41, 5.74) is 6.58. The van der Waals surface area contributed by atoms with Gasteiger partial charge in [0, 0.05) is 16.5 Å². The molecule has 0 N–H and O–H groups in total. The van der Waals surface area contributed by atoms with Gasteiger partial charge in [0.05, 0.1) is 16.7 Å². The molecule has 8 aromatic rings. The molecule has 0 saturated heterocycles. The van der Waals surface area contributed by atoms with Gasteiger partial charge < -0.3 is 4.74 Å². The first-order chi connectivity index (χ1) is 21.3. The molecular weight excluding hydrogens is 526 g/mol. The monoisotopic (exact) mass is 551 g/mol. The van der Waals surface area contributed by atoms with Crippen LogP contribution in [0.15, 0.2) is 152 Å². The van der Waals surface area contributed by atoms with Crippen molar-refractivity contribution in [3.05, 3.63) is 152 Å². The molecule has 0 fully saturated rings. The smallest absolute Gasteiger partial charge is 0.183 e. The zero-order chi connectivity index (χ0) is 28.3. The summed E-state index contributed by atoms with van der Waals surface area (Å²) in [5.74, 6) is 3.12. The maximum atomic E-state index is 6.44. The molecule has 4 nitrogen and oxygen atoms in total. The van der Waals surface area contributed by atoms with Gasteiger partial charge in [-0.05, 0) is 70.4 Å². The number of aromatic nitrogens is 2. The van der Waals surface area contributed by atoms with E-state index in [1.54, 1.807) is 0 Å². The van der Waals surface area contributed by atoms with E-state index >= 15 is 0 Å². The number of anilines is 3. The van der Waals surface area contributed by atoms with Gasteiger partial charge in [0.15, 0.2) is 17.3 Å². The van der Waals surface area contributed by atoms with Crippen molar-refractivity contribution in [2.45, 2.75) is 0 Å². The summed E-state index contributed by atoms with van der Waals surface area (Å²) in [7, 11) is 0. The first-order valence-corrected chi connectivity index (χ1v) is 14.5. The van der Waals surface area contributed by atoms with Crippen molar-refractivity contribution in [1.29, 1.82) is 0 Å². The molecule has 1 aliphatic rings. The fourth-order valence-electron chi connectivity index (χ4n) is 6.47. The predicted molar refractivity (Wildman–Crippen MR) is 176 cm³/mol. The molecule has 0 aliphatic carbocycles. The van der Waals surface area contributed by atoms with E-state index in [2.05, 4.69) is 137 Å². The molecule has 0 radical (unpaired) electrons. The second kappa shape index (κ2) is 9.33. The molecule has 4 heteroatoms. The van der Waals surface area contributed by atoms with E-state index in [4.69, 9.17) is 9.72 Å². The van der Waals surface area contributed by atoms with Gasteiger partial charge in [0.25, 0.3) is 0 Å². The van der Waals surface area contributed by atoms with Gasteiger partial charge in [0.1, 0.15) is 5.82 Å². The number of hydrogen-bond acceptors (Lipinski definition) is 3. The van der Waals surface area contributed by atoms with E-state index in [1.165, 1.54) is 27.1 Å². The van der Waals surface area contributed by atoms with Gasteiger partial charge in [-0.3, -0.25) is 9.47 Å². The largest absolute Gasteiger partial charge is 0.451 e. The van der Waals surface area contributed by atoms with E-state index in [-0.39, 0.29) is 0 Å². The first-order valence-electron chi connectivity index (χ1n) is 14.5. The number of hydrogen-bond donors (Lipinski definition) is 0. The molecule has 3 heterocycles. The summed E-state index contributed by atoms with van der Waals surface area (Å²) in [5, 5.41) is 4.87. The van der Waals surface area contributed by atoms with Crippen LogP contribution in [0.2, 0.25) is 0 Å². The number of benzene rings is 6. The lowest BCUT2D eigenvalue weighted by Gasteiger charge is -2.32. The molecule has 43 heavy (non-hydrogen) atoms. The van der Waals surface area contributed by atoms with Gasteiger partial charge >= 0.3 is 0 Å². The Hall–Kier alpha value is -5.87. The predicted octanol–water partition coefficient (Wildman–Crippen LogP) is 10.6. The Labute approximate surface area is 248 Å². The average Bonchev–Trinajstić information content (AvgIpc) is 3.41. The lowest BCUT2D eigenvalue weighted by Crippen LogP contribution is -2.18. The molecule has 202 valence electrons. The number of para-hydroxylation sites is 4. The minimum absolute atomic E-state index is 0.721. The van der Waals surface area contributed by atoms with Crippen molar-refractivity contribution in [3.63, 3.8) is 0 Å². The second-order valence-corrected chi connectivity index (χ2v) is 10.8. The van der Waals surface area contributed by atoms with Crippen molar-refractivity contribution >= 4 is 49.8 Å². The van der Waals surface area contributed by atoms with E-state index in [0.717, 1.165) is 51.1 Å². The number of ether oxygens (including phenoxy) is 1. The summed E-state index contributed by atoms with van der Waals surface area (Å²) >= 11 is 0. The van der Waals surface area contributed by atoms with E-state index < -0.39 is 0 Å². The zero-order valence-corrected chi connectivity index (χ0v) is 23.2. The van der Waals surface area contributed by atoms with Crippen molar-refractivity contribution in [3.8, 4) is 28.4 Å². The van der Waals surface area contributed by atoms with Crippen LogP contribution in [0.25, 0.3) is 49.5 Å². The van der Waals surface area contributed by atoms with E-state index in [1.807, 2.05) is 24.3 Å². The van der Waals surface area contributed by atoms with Crippen molar-refractivity contribution < 1.29 is 4.74 Å². The SMILES string of the molecule is c1cc(-c2cccc3ccccc23)cc(N2c3ccccc3Oc3ccc(-n4c5ccccc5c5ccccc54)nc32)c1. The Morgan fingerprint density at radius 2 is 1.19 bits per heavy atom. The molecule has 1 aliphatic heterocycles. The quantitative estimate of drug-likeness (QED) is 0.219. The van der Waals surface area contributed by atoms with Gasteiger partial charge in [-0.25, -0.2) is 4.98 Å². The molecule has 6 aromatic carbocycles. The third-order valence-electron chi connectivity index (χ3n) is 8.38. The van der Waals surface area contributed by atoms with E-state index in [0.29, 0.717) is 0 Å². The van der Waals surface area contributed by atoms with Crippen LogP contribution in [-0.2, 0) is 0 Å². The van der Waals surface area contributed by atoms with Crippen LogP contribution in [0.1, 0.15) is 0 Å². The third kappa shape index (κ3) is 3.67. The Morgan fingerprint density at radius 1 is 0.512 bits per heavy atom. The Morgan fingerprint density at radius 3 is 2.02 bits per heavy atom. The molecule has 2 aromatic heterocycles. The van der Waals surface area contributed by atoms with Gasteiger partial charge in [-0.2, -0.15) is 0 Å². The highest BCUT2D eigenvalue weighted by Gasteiger charge is 2.28. The van der Waals surface area contributed by atoms with Crippen LogP contribution in [0.5, 0.6) is 11.5 Å². The molecule has 0 spiro atoms. The number of pyridine rings is 1. The van der Waals surface area contributed by atoms with Crippen LogP contribution in [0.4, 0.5) is 17.2 Å². The fourth-order valence-corrected chi connectivity index (χ4v) is 6.47. The van der Waals surface area contributed by atoms with Gasteiger partial charge in [-0.1, -0.05) is 103 Å². The van der Waals surface area contributed by atoms with Crippen molar-refractivity contribution in [2.24, 2.45) is 0 Å². The summed E-state index contributed by atoms with van der Waals surface area (Å²) in [4.78, 5) is 7.55. The molecule has 0 amide bonds. The van der Waals surface area contributed by atoms with Gasteiger partial charge in [-0.15, -0.1) is 0 Å². The average molecular weight is 552 g/mol. The summed E-state index contributed by atoms with van der Waals surface area (Å²) < 4.78 is 8.68. The van der Waals surface area contributed by atoms with Gasteiger partial charge in [0.2, 0.25) is 0 Å². The molecule has 0 atom stereocenters. The topological polar surface area (TPSA) is 30.3 Å². The second-order valence-electron chi connectivity index (χ2n) is 10.8. The highest BCUT2D eigenvalue weighted by Crippen LogP contribution is 2.50. The summed E-state index contributed by atoms with van der Waals surface area (Å²) in [6, 6.07) is 53.0. The fraction of sp³-hybridized carbons (Fsp3) is 0. The van der Waals surface area contributed by atoms with Crippen molar-refractivity contribution in [1.82, 2.24) is 9.55 Å². The molecule has 0 saturated carbocycles. The zero-order valence-electron chi connectivity index (χ0n) is 23.2. The van der Waals surface area contributed by atoms with Crippen LogP contribution in [0, 0.1) is 0 Å².